The Kier molecular flexibility index (Phi) is 6.43. The molecule has 0 saturated heterocycles. The first kappa shape index (κ1) is 23.1. The minimum atomic E-state index is -0.911. The molecule has 2 N–H and O–H groups in total. The predicted octanol–water partition coefficient (Wildman–Crippen LogP) is 3.88. The average molecular weight is 463 g/mol. The summed E-state index contributed by atoms with van der Waals surface area (Å²) in [6.07, 6.45) is 1.36. The number of methoxy groups -OCH3 is 1. The Bertz CT molecular complexity index is 1220. The van der Waals surface area contributed by atoms with Crippen LogP contribution in [0.1, 0.15) is 33.8 Å². The summed E-state index contributed by atoms with van der Waals surface area (Å²) >= 11 is 0. The van der Waals surface area contributed by atoms with Crippen molar-refractivity contribution in [3.63, 3.8) is 0 Å². The van der Waals surface area contributed by atoms with Gasteiger partial charge in [-0.05, 0) is 49.5 Å². The Labute approximate surface area is 197 Å². The number of furan rings is 1. The largest absolute Gasteiger partial charge is 0.504 e. The second-order valence-electron chi connectivity index (χ2n) is 8.25. The summed E-state index contributed by atoms with van der Waals surface area (Å²) in [5, 5.41) is 20.9. The van der Waals surface area contributed by atoms with Crippen molar-refractivity contribution in [1.82, 2.24) is 9.80 Å². The molecule has 0 spiro atoms. The van der Waals surface area contributed by atoms with E-state index in [1.807, 2.05) is 49.3 Å². The zero-order valence-corrected chi connectivity index (χ0v) is 19.1. The fraction of sp³-hybridized carbons (Fsp3) is 0.231. The Morgan fingerprint density at radius 2 is 1.85 bits per heavy atom. The summed E-state index contributed by atoms with van der Waals surface area (Å²) in [6, 6.07) is 16.2. The van der Waals surface area contributed by atoms with Crippen LogP contribution in [0.4, 0.5) is 0 Å². The van der Waals surface area contributed by atoms with Crippen LogP contribution in [0, 0.1) is 0 Å². The molecule has 1 aliphatic heterocycles. The zero-order chi connectivity index (χ0) is 24.4. The lowest BCUT2D eigenvalue weighted by molar-refractivity contribution is -0.130. The molecule has 2 unspecified atom stereocenters. The van der Waals surface area contributed by atoms with Crippen LogP contribution in [-0.4, -0.2) is 59.5 Å². The molecule has 4 rings (SSSR count). The van der Waals surface area contributed by atoms with E-state index in [0.717, 1.165) is 5.56 Å². The number of Topliss-reactive ketones (excluding diaryl/α,β-unsaturated/α-hetero) is 1. The molecule has 176 valence electrons. The number of benzene rings is 2. The Balaban J connectivity index is 1.82. The molecule has 1 aromatic heterocycles. The van der Waals surface area contributed by atoms with Gasteiger partial charge in [0.05, 0.1) is 31.0 Å². The molecule has 8 nitrogen and oxygen atoms in total. The van der Waals surface area contributed by atoms with Crippen LogP contribution in [0.3, 0.4) is 0 Å². The summed E-state index contributed by atoms with van der Waals surface area (Å²) in [5.41, 5.74) is 1.40. The van der Waals surface area contributed by atoms with Crippen molar-refractivity contribution in [1.29, 1.82) is 0 Å². The third kappa shape index (κ3) is 4.15. The monoisotopic (exact) mass is 462 g/mol. The number of aliphatic hydroxyl groups is 1. The van der Waals surface area contributed by atoms with E-state index in [2.05, 4.69) is 0 Å². The van der Waals surface area contributed by atoms with E-state index in [0.29, 0.717) is 5.56 Å². The number of carbonyl (C=O) groups excluding carboxylic acids is 2. The van der Waals surface area contributed by atoms with E-state index in [1.54, 1.807) is 18.2 Å². The van der Waals surface area contributed by atoms with Crippen LogP contribution >= 0.6 is 0 Å². The summed E-state index contributed by atoms with van der Waals surface area (Å²) < 4.78 is 10.5. The van der Waals surface area contributed by atoms with Gasteiger partial charge in [-0.3, -0.25) is 9.59 Å². The van der Waals surface area contributed by atoms with E-state index < -0.39 is 23.5 Å². The van der Waals surface area contributed by atoms with E-state index in [-0.39, 0.29) is 35.4 Å². The second kappa shape index (κ2) is 9.44. The van der Waals surface area contributed by atoms with Crippen LogP contribution in [0.25, 0.3) is 0 Å². The third-order valence-corrected chi connectivity index (χ3v) is 5.99. The summed E-state index contributed by atoms with van der Waals surface area (Å²) in [7, 11) is 5.22. The van der Waals surface area contributed by atoms with Crippen molar-refractivity contribution in [2.45, 2.75) is 12.1 Å². The molecule has 2 heterocycles. The molecular weight excluding hydrogens is 436 g/mol. The lowest BCUT2D eigenvalue weighted by Gasteiger charge is -2.33. The van der Waals surface area contributed by atoms with Crippen molar-refractivity contribution < 1.29 is 29.0 Å². The zero-order valence-electron chi connectivity index (χ0n) is 19.1. The number of carbonyl (C=O) groups is 2. The highest BCUT2D eigenvalue weighted by atomic mass is 16.5. The Morgan fingerprint density at radius 3 is 2.47 bits per heavy atom. The minimum Gasteiger partial charge on any atom is -0.504 e. The lowest BCUT2D eigenvalue weighted by atomic mass is 9.94. The number of aliphatic hydroxyl groups excluding tert-OH is 1. The van der Waals surface area contributed by atoms with Crippen molar-refractivity contribution in [2.24, 2.45) is 0 Å². The van der Waals surface area contributed by atoms with Crippen LogP contribution in [0.2, 0.25) is 0 Å². The van der Waals surface area contributed by atoms with E-state index in [1.165, 1.54) is 30.4 Å². The number of rotatable bonds is 8. The molecule has 0 aliphatic carbocycles. The summed E-state index contributed by atoms with van der Waals surface area (Å²) in [6.45, 7) is 0.197. The van der Waals surface area contributed by atoms with Gasteiger partial charge in [0, 0.05) is 6.54 Å². The van der Waals surface area contributed by atoms with Gasteiger partial charge in [0.2, 0.25) is 5.78 Å². The predicted molar refractivity (Wildman–Crippen MR) is 125 cm³/mol. The standard InChI is InChI=1S/C26H26N2O6/c1-27(2)18(16-8-5-4-6-9-16)15-28-23(17-11-12-19(29)21(14-17)33-3)22(25(31)26(28)32)24(30)20-10-7-13-34-20/h4-14,18,23,29,31H,15H2,1-3H3. The number of hydrogen-bond donors (Lipinski definition) is 2. The van der Waals surface area contributed by atoms with Crippen LogP contribution < -0.4 is 4.74 Å². The molecule has 3 aromatic rings. The quantitative estimate of drug-likeness (QED) is 0.490. The highest BCUT2D eigenvalue weighted by molar-refractivity contribution is 6.15. The van der Waals surface area contributed by atoms with Crippen molar-refractivity contribution in [3.8, 4) is 11.5 Å². The number of aromatic hydroxyl groups is 1. The van der Waals surface area contributed by atoms with Gasteiger partial charge in [-0.25, -0.2) is 0 Å². The van der Waals surface area contributed by atoms with E-state index in [9.17, 15) is 19.8 Å². The van der Waals surface area contributed by atoms with Gasteiger partial charge in [0.25, 0.3) is 5.91 Å². The molecule has 1 aliphatic rings. The molecule has 2 aromatic carbocycles. The average Bonchev–Trinajstić information content (AvgIpc) is 3.46. The lowest BCUT2D eigenvalue weighted by Crippen LogP contribution is -2.38. The summed E-state index contributed by atoms with van der Waals surface area (Å²) in [4.78, 5) is 30.1. The molecule has 34 heavy (non-hydrogen) atoms. The highest BCUT2D eigenvalue weighted by Gasteiger charge is 2.45. The molecule has 0 radical (unpaired) electrons. The van der Waals surface area contributed by atoms with Crippen LogP contribution in [0.15, 0.2) is 82.7 Å². The molecule has 2 atom stereocenters. The normalized spacial score (nSPS) is 16.9. The van der Waals surface area contributed by atoms with E-state index in [4.69, 9.17) is 9.15 Å². The third-order valence-electron chi connectivity index (χ3n) is 5.99. The SMILES string of the molecule is COc1cc(C2C(C(=O)c3ccco3)=C(O)C(=O)N2CC(c2ccccc2)N(C)C)ccc1O. The second-order valence-corrected chi connectivity index (χ2v) is 8.25. The number of phenolic OH excluding ortho intramolecular Hbond substituents is 1. The van der Waals surface area contributed by atoms with Crippen LogP contribution in [-0.2, 0) is 4.79 Å². The molecule has 0 fully saturated rings. The minimum absolute atomic E-state index is 0.0131. The topological polar surface area (TPSA) is 103 Å². The molecule has 0 saturated carbocycles. The smallest absolute Gasteiger partial charge is 0.290 e. The Hall–Kier alpha value is -4.04. The maximum Gasteiger partial charge on any atom is 0.290 e. The molecule has 1 amide bonds. The van der Waals surface area contributed by atoms with Gasteiger partial charge in [0.1, 0.15) is 0 Å². The fourth-order valence-electron chi connectivity index (χ4n) is 4.25. The van der Waals surface area contributed by atoms with Crippen molar-refractivity contribution >= 4 is 11.7 Å². The van der Waals surface area contributed by atoms with Crippen molar-refractivity contribution in [3.05, 3.63) is 95.1 Å². The van der Waals surface area contributed by atoms with Gasteiger partial charge in [-0.2, -0.15) is 0 Å². The van der Waals surface area contributed by atoms with Gasteiger partial charge in [-0.15, -0.1) is 0 Å². The summed E-state index contributed by atoms with van der Waals surface area (Å²) in [5.74, 6) is -1.74. The highest BCUT2D eigenvalue weighted by Crippen LogP contribution is 2.42. The van der Waals surface area contributed by atoms with Gasteiger partial charge < -0.3 is 29.2 Å². The molecular formula is C26H26N2O6. The Morgan fingerprint density at radius 1 is 1.12 bits per heavy atom. The van der Waals surface area contributed by atoms with Crippen LogP contribution in [0.5, 0.6) is 11.5 Å². The first-order chi connectivity index (χ1) is 16.3. The van der Waals surface area contributed by atoms with Gasteiger partial charge in [-0.1, -0.05) is 36.4 Å². The maximum absolute atomic E-state index is 13.3. The number of likely N-dealkylation sites (N-methyl/N-ethyl adjacent to an activating group) is 1. The fourth-order valence-corrected chi connectivity index (χ4v) is 4.25. The van der Waals surface area contributed by atoms with Crippen molar-refractivity contribution in [2.75, 3.05) is 27.7 Å². The first-order valence-corrected chi connectivity index (χ1v) is 10.7. The van der Waals surface area contributed by atoms with Gasteiger partial charge in [0.15, 0.2) is 23.0 Å². The molecule has 8 heteroatoms. The number of ketones is 1. The number of amides is 1. The number of nitrogens with zero attached hydrogens (tertiary/aromatic N) is 2. The number of phenols is 1. The van der Waals surface area contributed by atoms with E-state index >= 15 is 0 Å². The number of ether oxygens (including phenoxy) is 1. The first-order valence-electron chi connectivity index (χ1n) is 10.7. The number of hydrogen-bond acceptors (Lipinski definition) is 7. The van der Waals surface area contributed by atoms with Gasteiger partial charge >= 0.3 is 0 Å². The maximum atomic E-state index is 13.3. The molecule has 0 bridgehead atoms.